The van der Waals surface area contributed by atoms with E-state index in [0.29, 0.717) is 26.2 Å². The van der Waals surface area contributed by atoms with Gasteiger partial charge in [-0.25, -0.2) is 0 Å². The van der Waals surface area contributed by atoms with Gasteiger partial charge in [0.1, 0.15) is 0 Å². The molecule has 5 heteroatoms. The lowest BCUT2D eigenvalue weighted by Gasteiger charge is -2.33. The van der Waals surface area contributed by atoms with Crippen LogP contribution >= 0.6 is 0 Å². The summed E-state index contributed by atoms with van der Waals surface area (Å²) < 4.78 is 4.95. The number of carbonyl (C=O) groups excluding carboxylic acids is 1. The molecule has 96 valence electrons. The van der Waals surface area contributed by atoms with Crippen molar-refractivity contribution < 1.29 is 14.6 Å². The van der Waals surface area contributed by atoms with Gasteiger partial charge in [-0.1, -0.05) is 13.8 Å². The maximum Gasteiger partial charge on any atom is 0.236 e. The largest absolute Gasteiger partial charge is 0.395 e. The molecule has 1 rings (SSSR count). The van der Waals surface area contributed by atoms with Gasteiger partial charge in [0.15, 0.2) is 0 Å². The molecule has 0 aromatic carbocycles. The smallest absolute Gasteiger partial charge is 0.236 e. The van der Waals surface area contributed by atoms with Crippen molar-refractivity contribution in [1.82, 2.24) is 9.80 Å². The van der Waals surface area contributed by atoms with E-state index in [9.17, 15) is 4.79 Å². The second-order valence-corrected chi connectivity index (χ2v) is 3.37. The van der Waals surface area contributed by atoms with Crippen molar-refractivity contribution >= 4 is 5.91 Å². The van der Waals surface area contributed by atoms with Crippen LogP contribution in [0.3, 0.4) is 0 Å². The number of ether oxygens (including phenoxy) is 1. The summed E-state index contributed by atoms with van der Waals surface area (Å²) in [6.45, 7) is 7.99. The van der Waals surface area contributed by atoms with Crippen LogP contribution in [0, 0.1) is 0 Å². The Kier molecular flexibility index (Phi) is 9.18. The van der Waals surface area contributed by atoms with Gasteiger partial charge < -0.3 is 14.7 Å². The number of nitrogens with zero attached hydrogens (tertiary/aromatic N) is 2. The van der Waals surface area contributed by atoms with Crippen molar-refractivity contribution in [3.63, 3.8) is 0 Å². The van der Waals surface area contributed by atoms with E-state index in [1.165, 1.54) is 0 Å². The first-order valence-corrected chi connectivity index (χ1v) is 5.88. The molecular weight excluding hydrogens is 208 g/mol. The Hall–Kier alpha value is -0.650. The van der Waals surface area contributed by atoms with E-state index in [1.54, 1.807) is 12.0 Å². The van der Waals surface area contributed by atoms with Crippen LogP contribution in [0.4, 0.5) is 0 Å². The number of aliphatic hydroxyl groups excluding tert-OH is 1. The first-order chi connectivity index (χ1) is 7.77. The molecule has 16 heavy (non-hydrogen) atoms. The number of hydrogen-bond donors (Lipinski definition) is 1. The van der Waals surface area contributed by atoms with Gasteiger partial charge in [0.25, 0.3) is 0 Å². The van der Waals surface area contributed by atoms with Crippen LogP contribution in [-0.2, 0) is 9.53 Å². The molecule has 1 amide bonds. The van der Waals surface area contributed by atoms with Crippen LogP contribution in [0.25, 0.3) is 0 Å². The molecule has 1 heterocycles. The fourth-order valence-electron chi connectivity index (χ4n) is 1.53. The zero-order valence-electron chi connectivity index (χ0n) is 10.6. The number of aliphatic hydroxyl groups is 1. The first-order valence-electron chi connectivity index (χ1n) is 5.88. The summed E-state index contributed by atoms with van der Waals surface area (Å²) in [7, 11) is 1.66. The molecule has 5 nitrogen and oxygen atoms in total. The summed E-state index contributed by atoms with van der Waals surface area (Å²) in [6.07, 6.45) is 0. The van der Waals surface area contributed by atoms with Gasteiger partial charge in [0.05, 0.1) is 19.8 Å². The van der Waals surface area contributed by atoms with Crippen LogP contribution in [0.5, 0.6) is 0 Å². The highest BCUT2D eigenvalue weighted by atomic mass is 16.5. The van der Waals surface area contributed by atoms with E-state index in [4.69, 9.17) is 9.84 Å². The molecule has 1 aliphatic rings. The number of rotatable bonds is 5. The first kappa shape index (κ1) is 15.3. The average molecular weight is 232 g/mol. The maximum atomic E-state index is 11.5. The zero-order chi connectivity index (χ0) is 12.4. The number of β-amino-alcohol motifs (C(OH)–C–C–N with tert-alkyl or cyclic N) is 1. The highest BCUT2D eigenvalue weighted by Crippen LogP contribution is 2.02. The van der Waals surface area contributed by atoms with Crippen molar-refractivity contribution in [3.8, 4) is 0 Å². The monoisotopic (exact) mass is 232 g/mol. The normalized spacial score (nSPS) is 17.0. The molecule has 1 N–H and O–H groups in total. The van der Waals surface area contributed by atoms with Crippen LogP contribution < -0.4 is 0 Å². The van der Waals surface area contributed by atoms with E-state index in [0.717, 1.165) is 13.1 Å². The Balaban J connectivity index is 0.00000106. The third kappa shape index (κ3) is 5.44. The van der Waals surface area contributed by atoms with Gasteiger partial charge >= 0.3 is 0 Å². The van der Waals surface area contributed by atoms with Gasteiger partial charge in [0.2, 0.25) is 5.91 Å². The molecule has 0 unspecified atom stereocenters. The fourth-order valence-corrected chi connectivity index (χ4v) is 1.53. The predicted octanol–water partition coefficient (Wildman–Crippen LogP) is -0.204. The summed E-state index contributed by atoms with van der Waals surface area (Å²) in [6, 6.07) is 0. The molecule has 0 bridgehead atoms. The van der Waals surface area contributed by atoms with E-state index in [1.807, 2.05) is 13.8 Å². The van der Waals surface area contributed by atoms with Gasteiger partial charge in [-0.05, 0) is 0 Å². The number of hydrogen-bond acceptors (Lipinski definition) is 4. The van der Waals surface area contributed by atoms with E-state index < -0.39 is 0 Å². The highest BCUT2D eigenvalue weighted by Gasteiger charge is 2.22. The minimum atomic E-state index is 0.0454. The lowest BCUT2D eigenvalue weighted by atomic mass is 10.3. The Morgan fingerprint density at radius 1 is 1.31 bits per heavy atom. The minimum Gasteiger partial charge on any atom is -0.395 e. The summed E-state index contributed by atoms with van der Waals surface area (Å²) in [5.74, 6) is 0.0985. The zero-order valence-corrected chi connectivity index (χ0v) is 10.6. The van der Waals surface area contributed by atoms with Gasteiger partial charge in [-0.15, -0.1) is 0 Å². The fraction of sp³-hybridized carbons (Fsp3) is 0.909. The molecule has 0 radical (unpaired) electrons. The van der Waals surface area contributed by atoms with Gasteiger partial charge in [-0.2, -0.15) is 0 Å². The Labute approximate surface area is 98.0 Å². The molecular formula is C11H24N2O3. The maximum absolute atomic E-state index is 11.5. The predicted molar refractivity (Wildman–Crippen MR) is 63.3 cm³/mol. The Morgan fingerprint density at radius 2 is 2.00 bits per heavy atom. The molecule has 0 spiro atoms. The van der Waals surface area contributed by atoms with Crippen LogP contribution in [0.15, 0.2) is 0 Å². The van der Waals surface area contributed by atoms with Gasteiger partial charge in [-0.3, -0.25) is 9.69 Å². The van der Waals surface area contributed by atoms with Crippen LogP contribution in [0.2, 0.25) is 0 Å². The third-order valence-corrected chi connectivity index (χ3v) is 2.38. The standard InChI is InChI=1S/C9H18N2O3.C2H6/c1-14-7-5-10-2-3-11(4-6-12)9(13)8-10;1-2/h12H,2-8H2,1H3;1-2H3. The quantitative estimate of drug-likeness (QED) is 0.713. The van der Waals surface area contributed by atoms with E-state index >= 15 is 0 Å². The molecule has 0 atom stereocenters. The summed E-state index contributed by atoms with van der Waals surface area (Å²) in [5.41, 5.74) is 0. The van der Waals surface area contributed by atoms with Crippen molar-refractivity contribution in [3.05, 3.63) is 0 Å². The highest BCUT2D eigenvalue weighted by molar-refractivity contribution is 5.79. The molecule has 0 saturated carbocycles. The number of carbonyl (C=O) groups is 1. The molecule has 0 aromatic heterocycles. The molecule has 0 aliphatic carbocycles. The van der Waals surface area contributed by atoms with Crippen molar-refractivity contribution in [1.29, 1.82) is 0 Å². The lowest BCUT2D eigenvalue weighted by molar-refractivity contribution is -0.136. The SMILES string of the molecule is CC.COCCN1CCN(CCO)C(=O)C1. The number of piperazine rings is 1. The van der Waals surface area contributed by atoms with E-state index in [2.05, 4.69) is 4.90 Å². The number of methoxy groups -OCH3 is 1. The van der Waals surface area contributed by atoms with Crippen LogP contribution in [-0.4, -0.2) is 73.9 Å². The third-order valence-electron chi connectivity index (χ3n) is 2.38. The molecule has 0 aromatic rings. The molecule has 1 fully saturated rings. The second-order valence-electron chi connectivity index (χ2n) is 3.37. The Bertz CT molecular complexity index is 188. The topological polar surface area (TPSA) is 53.0 Å². The van der Waals surface area contributed by atoms with Gasteiger partial charge in [0, 0.05) is 33.3 Å². The summed E-state index contributed by atoms with van der Waals surface area (Å²) in [4.78, 5) is 15.3. The van der Waals surface area contributed by atoms with E-state index in [-0.39, 0.29) is 12.5 Å². The van der Waals surface area contributed by atoms with Crippen molar-refractivity contribution in [2.45, 2.75) is 13.8 Å². The van der Waals surface area contributed by atoms with Crippen molar-refractivity contribution in [2.75, 3.05) is 53.0 Å². The average Bonchev–Trinajstić information content (AvgIpc) is 2.32. The van der Waals surface area contributed by atoms with Crippen molar-refractivity contribution in [2.24, 2.45) is 0 Å². The second kappa shape index (κ2) is 9.57. The summed E-state index contributed by atoms with van der Waals surface area (Å²) in [5, 5.41) is 8.72. The number of amides is 1. The summed E-state index contributed by atoms with van der Waals surface area (Å²) >= 11 is 0. The lowest BCUT2D eigenvalue weighted by Crippen LogP contribution is -2.51. The van der Waals surface area contributed by atoms with Crippen LogP contribution in [0.1, 0.15) is 13.8 Å². The molecule has 1 saturated heterocycles. The molecule has 1 aliphatic heterocycles. The minimum absolute atomic E-state index is 0.0454. The Morgan fingerprint density at radius 3 is 2.50 bits per heavy atom.